The number of hydrogen-bond donors (Lipinski definition) is 1. The van der Waals surface area contributed by atoms with Gasteiger partial charge in [-0.25, -0.2) is 0 Å². The molecule has 2 N–H and O–H groups in total. The molecule has 0 aliphatic carbocycles. The highest BCUT2D eigenvalue weighted by Crippen LogP contribution is 2.29. The number of hydrogen-bond acceptors (Lipinski definition) is 4. The van der Waals surface area contributed by atoms with E-state index >= 15 is 0 Å². The molecule has 0 unspecified atom stereocenters. The minimum Gasteiger partial charge on any atom is -0.489 e. The van der Waals surface area contributed by atoms with E-state index in [0.717, 1.165) is 10.9 Å². The number of nitrogens with zero attached hydrogens (tertiary/aromatic N) is 1. The third-order valence-corrected chi connectivity index (χ3v) is 2.76. The van der Waals surface area contributed by atoms with Crippen LogP contribution in [0.5, 0.6) is 5.75 Å². The maximum absolute atomic E-state index is 6.10. The van der Waals surface area contributed by atoms with E-state index in [4.69, 9.17) is 26.8 Å². The van der Waals surface area contributed by atoms with Crippen molar-refractivity contribution >= 4 is 22.5 Å². The van der Waals surface area contributed by atoms with Crippen LogP contribution in [-0.2, 0) is 4.74 Å². The molecule has 2 rings (SSSR count). The summed E-state index contributed by atoms with van der Waals surface area (Å²) in [5.41, 5.74) is 6.09. The van der Waals surface area contributed by atoms with Gasteiger partial charge < -0.3 is 15.2 Å². The number of halogens is 1. The highest BCUT2D eigenvalue weighted by molar-refractivity contribution is 6.35. The molecule has 0 radical (unpaired) electrons. The first-order chi connectivity index (χ1) is 8.83. The van der Waals surface area contributed by atoms with E-state index in [-0.39, 0.29) is 0 Å². The Labute approximate surface area is 111 Å². The molecule has 0 saturated carbocycles. The molecule has 96 valence electrons. The third kappa shape index (κ3) is 3.10. The molecule has 18 heavy (non-hydrogen) atoms. The van der Waals surface area contributed by atoms with Gasteiger partial charge in [-0.2, -0.15) is 0 Å². The summed E-state index contributed by atoms with van der Waals surface area (Å²) in [7, 11) is 0. The average Bonchev–Trinajstić information content (AvgIpc) is 2.41. The van der Waals surface area contributed by atoms with Crippen LogP contribution in [0.25, 0.3) is 10.9 Å². The molecule has 0 saturated heterocycles. The fraction of sp³-hybridized carbons (Fsp3) is 0.308. The predicted molar refractivity (Wildman–Crippen MR) is 72.1 cm³/mol. The highest BCUT2D eigenvalue weighted by Gasteiger charge is 2.06. The Hall–Kier alpha value is -1.36. The molecule has 0 fully saturated rings. The molecular weight excluding hydrogens is 252 g/mol. The molecule has 2 aromatic rings. The Morgan fingerprint density at radius 2 is 2.06 bits per heavy atom. The lowest BCUT2D eigenvalue weighted by Gasteiger charge is -2.09. The van der Waals surface area contributed by atoms with E-state index < -0.39 is 0 Å². The number of nitrogens with two attached hydrogens (primary N) is 1. The average molecular weight is 267 g/mol. The van der Waals surface area contributed by atoms with Gasteiger partial charge in [-0.1, -0.05) is 11.6 Å². The Balaban J connectivity index is 2.07. The van der Waals surface area contributed by atoms with E-state index in [1.165, 1.54) is 0 Å². The van der Waals surface area contributed by atoms with E-state index in [9.17, 15) is 0 Å². The molecule has 0 aliphatic heterocycles. The van der Waals surface area contributed by atoms with Crippen molar-refractivity contribution in [3.8, 4) is 5.75 Å². The lowest BCUT2D eigenvalue weighted by Crippen LogP contribution is -2.13. The maximum Gasteiger partial charge on any atom is 0.145 e. The van der Waals surface area contributed by atoms with Gasteiger partial charge in [-0.05, 0) is 24.3 Å². The van der Waals surface area contributed by atoms with Crippen LogP contribution >= 0.6 is 11.6 Å². The zero-order valence-corrected chi connectivity index (χ0v) is 10.7. The summed E-state index contributed by atoms with van der Waals surface area (Å²) < 4.78 is 10.9. The van der Waals surface area contributed by atoms with Crippen LogP contribution in [0.4, 0.5) is 0 Å². The Morgan fingerprint density at radius 3 is 2.89 bits per heavy atom. The molecule has 1 aromatic heterocycles. The van der Waals surface area contributed by atoms with Crippen molar-refractivity contribution in [3.05, 3.63) is 35.5 Å². The van der Waals surface area contributed by atoms with Crippen molar-refractivity contribution in [1.29, 1.82) is 0 Å². The predicted octanol–water partition coefficient (Wildman–Crippen LogP) is 2.24. The molecule has 0 amide bonds. The molecule has 0 atom stereocenters. The van der Waals surface area contributed by atoms with Gasteiger partial charge >= 0.3 is 0 Å². The zero-order valence-electron chi connectivity index (χ0n) is 9.93. The van der Waals surface area contributed by atoms with Gasteiger partial charge in [0.1, 0.15) is 17.9 Å². The molecule has 0 spiro atoms. The smallest absolute Gasteiger partial charge is 0.145 e. The largest absolute Gasteiger partial charge is 0.489 e. The molecule has 0 aliphatic rings. The van der Waals surface area contributed by atoms with Crippen LogP contribution in [-0.4, -0.2) is 31.3 Å². The van der Waals surface area contributed by atoms with E-state index in [1.807, 2.05) is 24.3 Å². The van der Waals surface area contributed by atoms with Gasteiger partial charge in [0.2, 0.25) is 0 Å². The highest BCUT2D eigenvalue weighted by atomic mass is 35.5. The summed E-state index contributed by atoms with van der Waals surface area (Å²) in [6, 6.07) is 7.40. The van der Waals surface area contributed by atoms with Crippen LogP contribution in [0.1, 0.15) is 0 Å². The first kappa shape index (κ1) is 13.1. The maximum atomic E-state index is 6.10. The second kappa shape index (κ2) is 6.54. The van der Waals surface area contributed by atoms with Crippen molar-refractivity contribution in [2.75, 3.05) is 26.4 Å². The SMILES string of the molecule is NCCOCCOc1ccc(Cl)c2cccnc12. The Kier molecular flexibility index (Phi) is 4.75. The number of rotatable bonds is 6. The first-order valence-corrected chi connectivity index (χ1v) is 6.14. The second-order valence-electron chi connectivity index (χ2n) is 3.69. The summed E-state index contributed by atoms with van der Waals surface area (Å²) in [5, 5.41) is 1.56. The fourth-order valence-corrected chi connectivity index (χ4v) is 1.84. The lowest BCUT2D eigenvalue weighted by molar-refractivity contribution is 0.106. The van der Waals surface area contributed by atoms with Crippen molar-refractivity contribution in [3.63, 3.8) is 0 Å². The van der Waals surface area contributed by atoms with Crippen molar-refractivity contribution in [2.24, 2.45) is 5.73 Å². The number of pyridine rings is 1. The van der Waals surface area contributed by atoms with Crippen LogP contribution in [0.3, 0.4) is 0 Å². The van der Waals surface area contributed by atoms with E-state index in [1.54, 1.807) is 6.20 Å². The summed E-state index contributed by atoms with van der Waals surface area (Å²) in [6.45, 7) is 2.04. The third-order valence-electron chi connectivity index (χ3n) is 2.43. The molecular formula is C13H15ClN2O2. The molecule has 1 aromatic carbocycles. The van der Waals surface area contributed by atoms with Crippen LogP contribution < -0.4 is 10.5 Å². The first-order valence-electron chi connectivity index (χ1n) is 5.77. The lowest BCUT2D eigenvalue weighted by atomic mass is 10.2. The summed E-state index contributed by atoms with van der Waals surface area (Å²) in [5.74, 6) is 0.714. The molecule has 1 heterocycles. The van der Waals surface area contributed by atoms with Gasteiger partial charge in [0.25, 0.3) is 0 Å². The Bertz CT molecular complexity index is 519. The quantitative estimate of drug-likeness (QED) is 0.815. The van der Waals surface area contributed by atoms with Crippen molar-refractivity contribution < 1.29 is 9.47 Å². The van der Waals surface area contributed by atoms with Gasteiger partial charge in [-0.3, -0.25) is 4.98 Å². The van der Waals surface area contributed by atoms with E-state index in [2.05, 4.69) is 4.98 Å². The number of fused-ring (bicyclic) bond motifs is 1. The monoisotopic (exact) mass is 266 g/mol. The minimum atomic E-state index is 0.466. The summed E-state index contributed by atoms with van der Waals surface area (Å²) in [6.07, 6.45) is 1.72. The summed E-state index contributed by atoms with van der Waals surface area (Å²) in [4.78, 5) is 4.29. The molecule has 4 nitrogen and oxygen atoms in total. The summed E-state index contributed by atoms with van der Waals surface area (Å²) >= 11 is 6.10. The fourth-order valence-electron chi connectivity index (χ4n) is 1.62. The number of benzene rings is 1. The molecule has 5 heteroatoms. The zero-order chi connectivity index (χ0) is 12.8. The van der Waals surface area contributed by atoms with Gasteiger partial charge in [-0.15, -0.1) is 0 Å². The standard InChI is InChI=1S/C13H15ClN2O2/c14-11-3-4-12(18-9-8-17-7-5-15)13-10(11)2-1-6-16-13/h1-4,6H,5,7-9,15H2. The van der Waals surface area contributed by atoms with E-state index in [0.29, 0.717) is 37.1 Å². The normalized spacial score (nSPS) is 10.8. The van der Waals surface area contributed by atoms with Crippen molar-refractivity contribution in [2.45, 2.75) is 0 Å². The Morgan fingerprint density at radius 1 is 1.17 bits per heavy atom. The number of ether oxygens (including phenoxy) is 2. The second-order valence-corrected chi connectivity index (χ2v) is 4.10. The van der Waals surface area contributed by atoms with Gasteiger partial charge in [0.15, 0.2) is 0 Å². The molecule has 0 bridgehead atoms. The van der Waals surface area contributed by atoms with Crippen LogP contribution in [0.15, 0.2) is 30.5 Å². The van der Waals surface area contributed by atoms with Crippen LogP contribution in [0, 0.1) is 0 Å². The van der Waals surface area contributed by atoms with Crippen molar-refractivity contribution in [1.82, 2.24) is 4.98 Å². The minimum absolute atomic E-state index is 0.466. The number of aromatic nitrogens is 1. The van der Waals surface area contributed by atoms with Gasteiger partial charge in [0.05, 0.1) is 18.2 Å². The van der Waals surface area contributed by atoms with Crippen LogP contribution in [0.2, 0.25) is 5.02 Å². The topological polar surface area (TPSA) is 57.4 Å². The van der Waals surface area contributed by atoms with Gasteiger partial charge in [0, 0.05) is 18.1 Å².